The van der Waals surface area contributed by atoms with Crippen LogP contribution in [0.2, 0.25) is 0 Å². The molecule has 0 spiro atoms. The van der Waals surface area contributed by atoms with Gasteiger partial charge in [0.25, 0.3) is 0 Å². The largest absolute Gasteiger partial charge is 0.497 e. The van der Waals surface area contributed by atoms with Gasteiger partial charge in [-0.3, -0.25) is 5.10 Å². The highest BCUT2D eigenvalue weighted by atomic mass is 32.2. The number of aryl methyl sites for hydroxylation is 1. The molecule has 47 heavy (non-hydrogen) atoms. The van der Waals surface area contributed by atoms with Crippen molar-refractivity contribution in [1.82, 2.24) is 20.8 Å². The van der Waals surface area contributed by atoms with Gasteiger partial charge in [-0.15, -0.1) is 0 Å². The molecule has 1 fully saturated rings. The number of thioether (sulfide) groups is 1. The Labute approximate surface area is 279 Å². The zero-order chi connectivity index (χ0) is 33.6. The van der Waals surface area contributed by atoms with Crippen LogP contribution in [0, 0.1) is 12.3 Å². The van der Waals surface area contributed by atoms with E-state index in [-0.39, 0.29) is 19.1 Å². The van der Waals surface area contributed by atoms with E-state index in [0.717, 1.165) is 42.0 Å². The first kappa shape index (κ1) is 34.1. The van der Waals surface area contributed by atoms with Gasteiger partial charge >= 0.3 is 12.1 Å². The summed E-state index contributed by atoms with van der Waals surface area (Å²) in [6, 6.07) is 10.9. The molecule has 1 aliphatic heterocycles. The summed E-state index contributed by atoms with van der Waals surface area (Å²) in [5.74, 6) is 1.73. The van der Waals surface area contributed by atoms with Gasteiger partial charge in [-0.25, -0.2) is 19.6 Å². The van der Waals surface area contributed by atoms with Gasteiger partial charge in [0, 0.05) is 41.3 Å². The Bertz CT molecular complexity index is 1570. The lowest BCUT2D eigenvalue weighted by molar-refractivity contribution is -0.151. The summed E-state index contributed by atoms with van der Waals surface area (Å²) >= 11 is 1.49. The quantitative estimate of drug-likeness (QED) is 0.244. The number of amides is 1. The Morgan fingerprint density at radius 2 is 1.94 bits per heavy atom. The topological polar surface area (TPSA) is 149 Å². The number of aromatic nitrogens is 2. The third-order valence-electron chi connectivity index (χ3n) is 7.94. The number of rotatable bonds is 10. The van der Waals surface area contributed by atoms with Crippen molar-refractivity contribution in [3.05, 3.63) is 65.4 Å². The second-order valence-corrected chi connectivity index (χ2v) is 14.1. The highest BCUT2D eigenvalue weighted by molar-refractivity contribution is 8.13. The normalized spacial score (nSPS) is 21.3. The van der Waals surface area contributed by atoms with Crippen molar-refractivity contribution < 1.29 is 28.5 Å². The molecule has 13 heteroatoms. The molecule has 2 aliphatic carbocycles. The van der Waals surface area contributed by atoms with E-state index in [1.807, 2.05) is 56.3 Å². The molecule has 12 nitrogen and oxygen atoms in total. The third-order valence-corrected chi connectivity index (χ3v) is 8.84. The summed E-state index contributed by atoms with van der Waals surface area (Å²) in [5, 5.41) is 14.1. The molecular weight excluding hydrogens is 620 g/mol. The summed E-state index contributed by atoms with van der Waals surface area (Å²) < 4.78 is 23.2. The average Bonchev–Trinajstić information content (AvgIpc) is 3.68. The van der Waals surface area contributed by atoms with Crippen molar-refractivity contribution in [2.45, 2.75) is 95.8 Å². The first-order valence-electron chi connectivity index (χ1n) is 15.9. The van der Waals surface area contributed by atoms with Crippen molar-refractivity contribution in [3.8, 4) is 0 Å². The summed E-state index contributed by atoms with van der Waals surface area (Å²) in [7, 11) is 1.59. The molecule has 5 rings (SSSR count). The molecule has 0 saturated heterocycles. The minimum atomic E-state index is -0.941. The van der Waals surface area contributed by atoms with Crippen molar-refractivity contribution in [3.63, 3.8) is 0 Å². The maximum Gasteiger partial charge on any atom is 0.408 e. The summed E-state index contributed by atoms with van der Waals surface area (Å²) in [5.41, 5.74) is 0.339. The number of H-pyrrole nitrogens is 1. The lowest BCUT2D eigenvalue weighted by atomic mass is 9.77. The summed E-state index contributed by atoms with van der Waals surface area (Å²) in [6.07, 6.45) is 5.32. The lowest BCUT2D eigenvalue weighted by Crippen LogP contribution is -2.46. The zero-order valence-corrected chi connectivity index (χ0v) is 28.7. The number of nitrogens with one attached hydrogen (secondary N) is 3. The Morgan fingerprint density at radius 3 is 2.60 bits per heavy atom. The van der Waals surface area contributed by atoms with Gasteiger partial charge in [0.2, 0.25) is 0 Å². The summed E-state index contributed by atoms with van der Waals surface area (Å²) in [4.78, 5) is 36.6. The van der Waals surface area contributed by atoms with Gasteiger partial charge < -0.3 is 29.6 Å². The van der Waals surface area contributed by atoms with Gasteiger partial charge in [-0.05, 0) is 72.4 Å². The van der Waals surface area contributed by atoms with E-state index in [1.54, 1.807) is 27.9 Å². The Morgan fingerprint density at radius 1 is 1.19 bits per heavy atom. The third kappa shape index (κ3) is 8.97. The first-order valence-corrected chi connectivity index (χ1v) is 16.8. The van der Waals surface area contributed by atoms with Gasteiger partial charge in [-0.1, -0.05) is 30.0 Å². The number of carbonyl (C=O) groups is 2. The molecular formula is C34H44N6O6S. The van der Waals surface area contributed by atoms with E-state index in [9.17, 15) is 9.59 Å². The van der Waals surface area contributed by atoms with Crippen molar-refractivity contribution in [2.75, 3.05) is 13.7 Å². The number of esters is 1. The highest BCUT2D eigenvalue weighted by Gasteiger charge is 2.44. The van der Waals surface area contributed by atoms with Crippen LogP contribution in [0.3, 0.4) is 0 Å². The number of aliphatic imine (C=N–C) groups is 2. The number of carbonyl (C=O) groups excluding carboxylic acids is 2. The predicted molar refractivity (Wildman–Crippen MR) is 180 cm³/mol. The molecule has 2 heterocycles. The summed E-state index contributed by atoms with van der Waals surface area (Å²) in [6.45, 7) is 9.38. The Hall–Kier alpha value is -4.26. The molecule has 0 radical (unpaired) electrons. The second-order valence-electron chi connectivity index (χ2n) is 13.0. The number of amidine groups is 2. The fourth-order valence-corrected chi connectivity index (χ4v) is 6.32. The van der Waals surface area contributed by atoms with Crippen LogP contribution < -0.4 is 10.6 Å². The average molecular weight is 665 g/mol. The van der Waals surface area contributed by atoms with E-state index in [1.165, 1.54) is 11.8 Å². The fraction of sp³-hybridized carbons (Fsp3) is 0.500. The van der Waals surface area contributed by atoms with Crippen LogP contribution in [0.25, 0.3) is 0 Å². The SMILES string of the molecule is COC1=C(OCC[C@H](NC(=O)OC(C)(C)C)C(=O)OC2CCCC2)C=C2NC(Sc3ccccc3)=NC(=Nc3cc(C)[nH]n3)C2(C)C1. The molecule has 1 unspecified atom stereocenters. The van der Waals surface area contributed by atoms with Crippen LogP contribution in [0.1, 0.15) is 71.9 Å². The van der Waals surface area contributed by atoms with E-state index >= 15 is 0 Å². The smallest absolute Gasteiger partial charge is 0.408 e. The number of aromatic amines is 1. The van der Waals surface area contributed by atoms with Crippen LogP contribution in [-0.2, 0) is 23.7 Å². The first-order chi connectivity index (χ1) is 22.4. The molecule has 1 aromatic carbocycles. The van der Waals surface area contributed by atoms with E-state index in [4.69, 9.17) is 28.9 Å². The van der Waals surface area contributed by atoms with Crippen molar-refractivity contribution in [2.24, 2.45) is 15.4 Å². The minimum Gasteiger partial charge on any atom is -0.497 e. The number of alkyl carbamates (subject to hydrolysis) is 1. The number of hydrogen-bond acceptors (Lipinski definition) is 10. The van der Waals surface area contributed by atoms with Crippen LogP contribution in [0.15, 0.2) is 74.6 Å². The van der Waals surface area contributed by atoms with Crippen LogP contribution in [0.4, 0.5) is 10.6 Å². The van der Waals surface area contributed by atoms with Crippen LogP contribution in [0.5, 0.6) is 0 Å². The molecule has 1 saturated carbocycles. The molecule has 3 N–H and O–H groups in total. The number of fused-ring (bicyclic) bond motifs is 1. The van der Waals surface area contributed by atoms with Crippen LogP contribution in [-0.4, -0.2) is 64.7 Å². The predicted octanol–water partition coefficient (Wildman–Crippen LogP) is 6.44. The molecule has 2 aromatic rings. The zero-order valence-electron chi connectivity index (χ0n) is 27.8. The molecule has 3 aliphatic rings. The van der Waals surface area contributed by atoms with Crippen molar-refractivity contribution in [1.29, 1.82) is 0 Å². The van der Waals surface area contributed by atoms with Gasteiger partial charge in [-0.2, -0.15) is 5.10 Å². The van der Waals surface area contributed by atoms with Gasteiger partial charge in [0.05, 0.1) is 19.1 Å². The van der Waals surface area contributed by atoms with E-state index < -0.39 is 29.1 Å². The molecule has 0 bridgehead atoms. The number of methoxy groups -OCH3 is 1. The maximum atomic E-state index is 13.2. The van der Waals surface area contributed by atoms with Crippen molar-refractivity contribution >= 4 is 40.6 Å². The van der Waals surface area contributed by atoms with E-state index in [2.05, 4.69) is 20.8 Å². The number of ether oxygens (including phenoxy) is 4. The number of nitrogens with zero attached hydrogens (tertiary/aromatic N) is 3. The molecule has 2 atom stereocenters. The number of allylic oxidation sites excluding steroid dienone is 2. The maximum absolute atomic E-state index is 13.2. The monoisotopic (exact) mass is 664 g/mol. The molecule has 1 aromatic heterocycles. The lowest BCUT2D eigenvalue weighted by Gasteiger charge is -2.39. The van der Waals surface area contributed by atoms with Crippen LogP contribution >= 0.6 is 11.8 Å². The number of benzene rings is 1. The Kier molecular flexibility index (Phi) is 10.6. The molecule has 252 valence electrons. The van der Waals surface area contributed by atoms with Gasteiger partial charge in [0.15, 0.2) is 16.7 Å². The fourth-order valence-electron chi connectivity index (χ4n) is 5.51. The molecule has 1 amide bonds. The highest BCUT2D eigenvalue weighted by Crippen LogP contribution is 2.44. The Balaban J connectivity index is 1.36. The second kappa shape index (κ2) is 14.7. The minimum absolute atomic E-state index is 0.107. The standard InChI is InChI=1S/C34H44N6O6S/c1-21-18-28(40-39-21)37-30-34(5)20-26(43-6)25(19-27(34)36-31(38-30)47-23-14-8-7-9-15-23)44-17-16-24(35-32(42)46-33(2,3)4)29(41)45-22-12-10-11-13-22/h7-9,14-15,18-19,22,24H,10-13,16-17,20H2,1-6H3,(H,35,42)(H2,36,37,38,39,40)/t24-,34?/m0/s1. The van der Waals surface area contributed by atoms with Gasteiger partial charge in [0.1, 0.15) is 29.3 Å². The number of hydrogen-bond donors (Lipinski definition) is 3. The van der Waals surface area contributed by atoms with E-state index in [0.29, 0.717) is 34.8 Å².